The summed E-state index contributed by atoms with van der Waals surface area (Å²) in [5, 5.41) is 3.12. The van der Waals surface area contributed by atoms with E-state index in [0.717, 1.165) is 30.8 Å². The van der Waals surface area contributed by atoms with E-state index >= 15 is 0 Å². The van der Waals surface area contributed by atoms with Crippen LogP contribution in [0, 0.1) is 6.92 Å². The first-order valence-electron chi connectivity index (χ1n) is 9.47. The maximum Gasteiger partial charge on any atom is 0.417 e. The molecule has 3 heterocycles. The highest BCUT2D eigenvalue weighted by molar-refractivity contribution is 5.95. The molecule has 29 heavy (non-hydrogen) atoms. The van der Waals surface area contributed by atoms with Crippen molar-refractivity contribution in [1.29, 1.82) is 0 Å². The van der Waals surface area contributed by atoms with Gasteiger partial charge in [0.25, 0.3) is 5.91 Å². The molecule has 1 aliphatic heterocycles. The van der Waals surface area contributed by atoms with Gasteiger partial charge in [-0.1, -0.05) is 0 Å². The summed E-state index contributed by atoms with van der Waals surface area (Å²) in [5.41, 5.74) is 0.204. The molecule has 0 spiro atoms. The summed E-state index contributed by atoms with van der Waals surface area (Å²) in [6, 6.07) is 5.71. The Balaban J connectivity index is 1.69. The lowest BCUT2D eigenvalue weighted by molar-refractivity contribution is -0.137. The Labute approximate surface area is 167 Å². The molecule has 9 heteroatoms. The van der Waals surface area contributed by atoms with Gasteiger partial charge in [-0.05, 0) is 51.0 Å². The number of carbonyl (C=O) groups excluding carboxylic acids is 1. The number of halogens is 3. The second-order valence-electron chi connectivity index (χ2n) is 6.90. The number of ether oxygens (including phenoxy) is 1. The fourth-order valence-electron chi connectivity index (χ4n) is 3.25. The van der Waals surface area contributed by atoms with Gasteiger partial charge < -0.3 is 15.0 Å². The van der Waals surface area contributed by atoms with Crippen LogP contribution in [-0.2, 0) is 6.18 Å². The topological polar surface area (TPSA) is 67.3 Å². The number of piperidine rings is 1. The van der Waals surface area contributed by atoms with E-state index in [1.165, 1.54) is 6.07 Å². The molecule has 0 aliphatic carbocycles. The molecule has 1 N–H and O–H groups in total. The van der Waals surface area contributed by atoms with E-state index in [-0.39, 0.29) is 17.6 Å². The number of carbonyl (C=O) groups is 1. The zero-order valence-electron chi connectivity index (χ0n) is 16.3. The number of amides is 1. The monoisotopic (exact) mass is 408 g/mol. The number of anilines is 1. The van der Waals surface area contributed by atoms with Gasteiger partial charge in [0.05, 0.1) is 12.2 Å². The predicted octanol–water partition coefficient (Wildman–Crippen LogP) is 3.92. The molecule has 0 saturated carbocycles. The van der Waals surface area contributed by atoms with E-state index in [1.807, 2.05) is 13.8 Å². The lowest BCUT2D eigenvalue weighted by Crippen LogP contribution is -2.45. The van der Waals surface area contributed by atoms with Crippen molar-refractivity contribution in [3.05, 3.63) is 47.4 Å². The van der Waals surface area contributed by atoms with Gasteiger partial charge >= 0.3 is 6.18 Å². The number of aryl methyl sites for hydroxylation is 1. The van der Waals surface area contributed by atoms with Crippen LogP contribution in [0.3, 0.4) is 0 Å². The summed E-state index contributed by atoms with van der Waals surface area (Å²) in [7, 11) is 0. The van der Waals surface area contributed by atoms with E-state index in [0.29, 0.717) is 31.3 Å². The van der Waals surface area contributed by atoms with Gasteiger partial charge in [0.2, 0.25) is 0 Å². The highest BCUT2D eigenvalue weighted by atomic mass is 19.4. The standard InChI is InChI=1S/C20H23F3N4O2/c1-3-29-16-8-6-13(2)25-18(16)19(28)27-10-4-5-15(12-27)26-17-9-7-14(11-24-17)20(21,22)23/h6-9,11,15H,3-5,10,12H2,1-2H3,(H,24,26). The van der Waals surface area contributed by atoms with Crippen LogP contribution < -0.4 is 10.1 Å². The SMILES string of the molecule is CCOc1ccc(C)nc1C(=O)N1CCCC(Nc2ccc(C(F)(F)F)cn2)C1. The fourth-order valence-corrected chi connectivity index (χ4v) is 3.25. The molecule has 1 fully saturated rings. The molecule has 1 aliphatic rings. The minimum Gasteiger partial charge on any atom is -0.491 e. The summed E-state index contributed by atoms with van der Waals surface area (Å²) in [6.45, 7) is 5.06. The average Bonchev–Trinajstić information content (AvgIpc) is 2.69. The Bertz CT molecular complexity index is 856. The van der Waals surface area contributed by atoms with Gasteiger partial charge in [0.15, 0.2) is 11.4 Å². The van der Waals surface area contributed by atoms with E-state index in [4.69, 9.17) is 4.74 Å². The number of aromatic nitrogens is 2. The van der Waals surface area contributed by atoms with E-state index in [2.05, 4.69) is 15.3 Å². The maximum atomic E-state index is 13.0. The van der Waals surface area contributed by atoms with Crippen molar-refractivity contribution in [2.75, 3.05) is 25.0 Å². The zero-order chi connectivity index (χ0) is 21.0. The van der Waals surface area contributed by atoms with Crippen molar-refractivity contribution in [3.63, 3.8) is 0 Å². The highest BCUT2D eigenvalue weighted by Crippen LogP contribution is 2.29. The van der Waals surface area contributed by atoms with Crippen molar-refractivity contribution in [1.82, 2.24) is 14.9 Å². The van der Waals surface area contributed by atoms with Crippen molar-refractivity contribution in [3.8, 4) is 5.75 Å². The molecule has 0 aromatic carbocycles. The van der Waals surface area contributed by atoms with Crippen LogP contribution in [0.4, 0.5) is 19.0 Å². The smallest absolute Gasteiger partial charge is 0.417 e. The first kappa shape index (κ1) is 20.9. The van der Waals surface area contributed by atoms with Crippen LogP contribution in [0.15, 0.2) is 30.5 Å². The molecule has 3 rings (SSSR count). The van der Waals surface area contributed by atoms with E-state index in [9.17, 15) is 18.0 Å². The third-order valence-corrected chi connectivity index (χ3v) is 4.65. The predicted molar refractivity (Wildman–Crippen MR) is 102 cm³/mol. The summed E-state index contributed by atoms with van der Waals surface area (Å²) in [6.07, 6.45) is -2.07. The van der Waals surface area contributed by atoms with Crippen LogP contribution in [0.25, 0.3) is 0 Å². The van der Waals surface area contributed by atoms with Gasteiger partial charge in [-0.2, -0.15) is 13.2 Å². The van der Waals surface area contributed by atoms with Crippen LogP contribution in [0.1, 0.15) is 41.5 Å². The number of pyridine rings is 2. The highest BCUT2D eigenvalue weighted by Gasteiger charge is 2.31. The Hall–Kier alpha value is -2.84. The van der Waals surface area contributed by atoms with Gasteiger partial charge in [-0.15, -0.1) is 0 Å². The van der Waals surface area contributed by atoms with Gasteiger partial charge in [-0.3, -0.25) is 4.79 Å². The lowest BCUT2D eigenvalue weighted by atomic mass is 10.0. The Kier molecular flexibility index (Phi) is 6.24. The van der Waals surface area contributed by atoms with Crippen LogP contribution in [-0.4, -0.2) is 46.5 Å². The molecule has 1 amide bonds. The van der Waals surface area contributed by atoms with Crippen molar-refractivity contribution >= 4 is 11.7 Å². The quantitative estimate of drug-likeness (QED) is 0.812. The zero-order valence-corrected chi connectivity index (χ0v) is 16.3. The van der Waals surface area contributed by atoms with Gasteiger partial charge in [-0.25, -0.2) is 9.97 Å². The first-order chi connectivity index (χ1) is 13.8. The minimum atomic E-state index is -4.42. The first-order valence-corrected chi connectivity index (χ1v) is 9.47. The number of likely N-dealkylation sites (tertiary alicyclic amines) is 1. The Morgan fingerprint density at radius 3 is 2.76 bits per heavy atom. The van der Waals surface area contributed by atoms with E-state index < -0.39 is 11.7 Å². The lowest BCUT2D eigenvalue weighted by Gasteiger charge is -2.33. The van der Waals surface area contributed by atoms with Crippen LogP contribution in [0.5, 0.6) is 5.75 Å². The second-order valence-corrected chi connectivity index (χ2v) is 6.90. The molecule has 2 aromatic rings. The minimum absolute atomic E-state index is 0.114. The molecule has 0 radical (unpaired) electrons. The van der Waals surface area contributed by atoms with Crippen LogP contribution in [0.2, 0.25) is 0 Å². The molecule has 1 unspecified atom stereocenters. The number of rotatable bonds is 5. The molecule has 6 nitrogen and oxygen atoms in total. The fraction of sp³-hybridized carbons (Fsp3) is 0.450. The van der Waals surface area contributed by atoms with Crippen molar-refractivity contribution in [2.24, 2.45) is 0 Å². The Morgan fingerprint density at radius 1 is 1.31 bits per heavy atom. The summed E-state index contributed by atoms with van der Waals surface area (Å²) in [4.78, 5) is 22.9. The summed E-state index contributed by atoms with van der Waals surface area (Å²) >= 11 is 0. The number of hydrogen-bond acceptors (Lipinski definition) is 5. The number of nitrogens with one attached hydrogen (secondary N) is 1. The molecular weight excluding hydrogens is 385 g/mol. The number of alkyl halides is 3. The average molecular weight is 408 g/mol. The van der Waals surface area contributed by atoms with Gasteiger partial charge in [0, 0.05) is 31.0 Å². The Morgan fingerprint density at radius 2 is 2.10 bits per heavy atom. The maximum absolute atomic E-state index is 13.0. The second kappa shape index (κ2) is 8.67. The summed E-state index contributed by atoms with van der Waals surface area (Å²) in [5.74, 6) is 0.576. The number of nitrogens with zero attached hydrogens (tertiary/aromatic N) is 3. The molecule has 0 bridgehead atoms. The van der Waals surface area contributed by atoms with E-state index in [1.54, 1.807) is 17.0 Å². The summed E-state index contributed by atoms with van der Waals surface area (Å²) < 4.78 is 43.6. The molecular formula is C20H23F3N4O2. The molecule has 1 saturated heterocycles. The van der Waals surface area contributed by atoms with Crippen LogP contribution >= 0.6 is 0 Å². The van der Waals surface area contributed by atoms with Crippen molar-refractivity contribution in [2.45, 2.75) is 38.9 Å². The number of hydrogen-bond donors (Lipinski definition) is 1. The molecule has 156 valence electrons. The molecule has 2 aromatic heterocycles. The molecule has 1 atom stereocenters. The normalized spacial score (nSPS) is 17.1. The van der Waals surface area contributed by atoms with Gasteiger partial charge in [0.1, 0.15) is 5.82 Å². The third-order valence-electron chi connectivity index (χ3n) is 4.65. The largest absolute Gasteiger partial charge is 0.491 e. The third kappa shape index (κ3) is 5.16. The van der Waals surface area contributed by atoms with Crippen molar-refractivity contribution < 1.29 is 22.7 Å².